The number of hydrogen-bond donors (Lipinski definition) is 2. The van der Waals surface area contributed by atoms with E-state index in [4.69, 9.17) is 11.6 Å². The highest BCUT2D eigenvalue weighted by molar-refractivity contribution is 6.31. The number of halogens is 1. The van der Waals surface area contributed by atoms with Gasteiger partial charge in [0.15, 0.2) is 0 Å². The molecule has 2 aromatic rings. The molecule has 0 saturated heterocycles. The topological polar surface area (TPSA) is 54.0 Å². The van der Waals surface area contributed by atoms with Crippen LogP contribution in [0, 0.1) is 6.92 Å². The van der Waals surface area contributed by atoms with Crippen LogP contribution < -0.4 is 10.6 Å². The van der Waals surface area contributed by atoms with E-state index in [-0.39, 0.29) is 5.91 Å². The Morgan fingerprint density at radius 3 is 2.76 bits per heavy atom. The van der Waals surface area contributed by atoms with Gasteiger partial charge in [-0.2, -0.15) is 0 Å². The van der Waals surface area contributed by atoms with E-state index in [9.17, 15) is 4.79 Å². The van der Waals surface area contributed by atoms with Crippen molar-refractivity contribution in [2.24, 2.45) is 0 Å². The predicted octanol–water partition coefficient (Wildman–Crippen LogP) is 4.12. The Balaban J connectivity index is 2.15. The van der Waals surface area contributed by atoms with Crippen LogP contribution >= 0.6 is 11.6 Å². The van der Waals surface area contributed by atoms with Gasteiger partial charge in [0, 0.05) is 17.3 Å². The molecule has 0 aliphatic heterocycles. The molecule has 5 heteroatoms. The van der Waals surface area contributed by atoms with Crippen molar-refractivity contribution < 1.29 is 4.79 Å². The molecule has 1 aromatic carbocycles. The van der Waals surface area contributed by atoms with Gasteiger partial charge in [-0.25, -0.2) is 4.98 Å². The first kappa shape index (κ1) is 15.3. The van der Waals surface area contributed by atoms with E-state index in [0.717, 1.165) is 18.5 Å². The average Bonchev–Trinajstić information content (AvgIpc) is 2.50. The maximum Gasteiger partial charge on any atom is 0.274 e. The molecule has 0 fully saturated rings. The van der Waals surface area contributed by atoms with Gasteiger partial charge in [0.2, 0.25) is 0 Å². The number of aromatic nitrogens is 1. The highest BCUT2D eigenvalue weighted by Crippen LogP contribution is 2.23. The van der Waals surface area contributed by atoms with Crippen molar-refractivity contribution in [1.29, 1.82) is 0 Å². The van der Waals surface area contributed by atoms with Crippen LogP contribution in [-0.2, 0) is 0 Å². The molecular formula is C16H18ClN3O. The summed E-state index contributed by atoms with van der Waals surface area (Å²) in [7, 11) is 0. The fraction of sp³-hybridized carbons (Fsp3) is 0.250. The monoisotopic (exact) mass is 303 g/mol. The van der Waals surface area contributed by atoms with Gasteiger partial charge in [-0.1, -0.05) is 30.7 Å². The van der Waals surface area contributed by atoms with E-state index >= 15 is 0 Å². The smallest absolute Gasteiger partial charge is 0.274 e. The van der Waals surface area contributed by atoms with Gasteiger partial charge >= 0.3 is 0 Å². The lowest BCUT2D eigenvalue weighted by molar-refractivity contribution is 0.102. The summed E-state index contributed by atoms with van der Waals surface area (Å²) in [6, 6.07) is 10.8. The SMILES string of the molecule is CCCNc1cccc(C(=O)Nc2cccc(Cl)c2C)n1. The summed E-state index contributed by atoms with van der Waals surface area (Å²) in [6.45, 7) is 4.77. The summed E-state index contributed by atoms with van der Waals surface area (Å²) < 4.78 is 0. The van der Waals surface area contributed by atoms with E-state index in [1.54, 1.807) is 18.2 Å². The Morgan fingerprint density at radius 2 is 2.00 bits per heavy atom. The highest BCUT2D eigenvalue weighted by atomic mass is 35.5. The number of carbonyl (C=O) groups excluding carboxylic acids is 1. The summed E-state index contributed by atoms with van der Waals surface area (Å²) in [4.78, 5) is 16.6. The Kier molecular flexibility index (Phi) is 5.17. The molecule has 4 nitrogen and oxygen atoms in total. The maximum absolute atomic E-state index is 12.3. The summed E-state index contributed by atoms with van der Waals surface area (Å²) in [5, 5.41) is 6.62. The number of carbonyl (C=O) groups is 1. The number of rotatable bonds is 5. The molecule has 0 bridgehead atoms. The lowest BCUT2D eigenvalue weighted by atomic mass is 10.2. The summed E-state index contributed by atoms with van der Waals surface area (Å²) in [5.74, 6) is 0.452. The van der Waals surface area contributed by atoms with Crippen molar-refractivity contribution in [3.8, 4) is 0 Å². The van der Waals surface area contributed by atoms with Crippen molar-refractivity contribution in [3.05, 3.63) is 52.7 Å². The second-order valence-corrected chi connectivity index (χ2v) is 5.11. The Bertz CT molecular complexity index is 643. The standard InChI is InChI=1S/C16H18ClN3O/c1-3-10-18-15-9-5-8-14(19-15)16(21)20-13-7-4-6-12(17)11(13)2/h4-9H,3,10H2,1-2H3,(H,18,19)(H,20,21). The molecule has 0 aliphatic carbocycles. The molecule has 1 heterocycles. The first-order valence-electron chi connectivity index (χ1n) is 6.89. The normalized spacial score (nSPS) is 10.2. The van der Waals surface area contributed by atoms with Gasteiger partial charge in [0.1, 0.15) is 11.5 Å². The number of benzene rings is 1. The van der Waals surface area contributed by atoms with Crippen LogP contribution in [0.2, 0.25) is 5.02 Å². The van der Waals surface area contributed by atoms with E-state index in [1.807, 2.05) is 25.1 Å². The van der Waals surface area contributed by atoms with Gasteiger partial charge in [-0.3, -0.25) is 4.79 Å². The lowest BCUT2D eigenvalue weighted by Crippen LogP contribution is -2.15. The van der Waals surface area contributed by atoms with Gasteiger partial charge in [-0.05, 0) is 43.2 Å². The third-order valence-electron chi connectivity index (χ3n) is 3.05. The fourth-order valence-corrected chi connectivity index (χ4v) is 2.02. The minimum absolute atomic E-state index is 0.250. The van der Waals surface area contributed by atoms with E-state index in [0.29, 0.717) is 22.2 Å². The molecule has 21 heavy (non-hydrogen) atoms. The molecule has 2 N–H and O–H groups in total. The molecule has 0 unspecified atom stereocenters. The number of nitrogens with zero attached hydrogens (tertiary/aromatic N) is 1. The van der Waals surface area contributed by atoms with E-state index < -0.39 is 0 Å². The van der Waals surface area contributed by atoms with Crippen LogP contribution in [0.15, 0.2) is 36.4 Å². The number of nitrogens with one attached hydrogen (secondary N) is 2. The second kappa shape index (κ2) is 7.09. The van der Waals surface area contributed by atoms with Crippen molar-refractivity contribution in [1.82, 2.24) is 4.98 Å². The first-order chi connectivity index (χ1) is 10.1. The van der Waals surface area contributed by atoms with Crippen LogP contribution in [-0.4, -0.2) is 17.4 Å². The van der Waals surface area contributed by atoms with Crippen LogP contribution in [0.3, 0.4) is 0 Å². The van der Waals surface area contributed by atoms with E-state index in [1.165, 1.54) is 0 Å². The molecule has 0 saturated carbocycles. The van der Waals surface area contributed by atoms with Crippen LogP contribution in [0.1, 0.15) is 29.4 Å². The molecule has 110 valence electrons. The number of pyridine rings is 1. The van der Waals surface area contributed by atoms with Crippen molar-refractivity contribution in [2.45, 2.75) is 20.3 Å². The minimum atomic E-state index is -0.250. The van der Waals surface area contributed by atoms with Gasteiger partial charge in [0.05, 0.1) is 0 Å². The summed E-state index contributed by atoms with van der Waals surface area (Å²) in [5.41, 5.74) is 1.91. The molecule has 0 radical (unpaired) electrons. The predicted molar refractivity (Wildman–Crippen MR) is 87.2 cm³/mol. The van der Waals surface area contributed by atoms with Crippen LogP contribution in [0.25, 0.3) is 0 Å². The molecule has 0 aliphatic rings. The van der Waals surface area contributed by atoms with Gasteiger partial charge in [-0.15, -0.1) is 0 Å². The third-order valence-corrected chi connectivity index (χ3v) is 3.46. The van der Waals surface area contributed by atoms with Crippen molar-refractivity contribution in [2.75, 3.05) is 17.2 Å². The molecule has 2 rings (SSSR count). The average molecular weight is 304 g/mol. The minimum Gasteiger partial charge on any atom is -0.370 e. The third kappa shape index (κ3) is 3.95. The molecular weight excluding hydrogens is 286 g/mol. The van der Waals surface area contributed by atoms with Crippen molar-refractivity contribution in [3.63, 3.8) is 0 Å². The van der Waals surface area contributed by atoms with Gasteiger partial charge < -0.3 is 10.6 Å². The van der Waals surface area contributed by atoms with Gasteiger partial charge in [0.25, 0.3) is 5.91 Å². The zero-order valence-electron chi connectivity index (χ0n) is 12.1. The molecule has 0 spiro atoms. The maximum atomic E-state index is 12.3. The summed E-state index contributed by atoms with van der Waals surface area (Å²) >= 11 is 6.05. The molecule has 0 atom stereocenters. The summed E-state index contributed by atoms with van der Waals surface area (Å²) in [6.07, 6.45) is 1.000. The Hall–Kier alpha value is -2.07. The zero-order chi connectivity index (χ0) is 15.2. The number of anilines is 2. The molecule has 1 amide bonds. The second-order valence-electron chi connectivity index (χ2n) is 4.70. The largest absolute Gasteiger partial charge is 0.370 e. The number of hydrogen-bond acceptors (Lipinski definition) is 3. The lowest BCUT2D eigenvalue weighted by Gasteiger charge is -2.10. The van der Waals surface area contributed by atoms with Crippen molar-refractivity contribution >= 4 is 29.0 Å². The van der Waals surface area contributed by atoms with Crippen LogP contribution in [0.4, 0.5) is 11.5 Å². The Labute approximate surface area is 129 Å². The fourth-order valence-electron chi connectivity index (χ4n) is 1.84. The van der Waals surface area contributed by atoms with E-state index in [2.05, 4.69) is 22.5 Å². The molecule has 1 aromatic heterocycles. The number of amides is 1. The first-order valence-corrected chi connectivity index (χ1v) is 7.27. The highest BCUT2D eigenvalue weighted by Gasteiger charge is 2.10. The van der Waals surface area contributed by atoms with Crippen LogP contribution in [0.5, 0.6) is 0 Å². The zero-order valence-corrected chi connectivity index (χ0v) is 12.9. The Morgan fingerprint density at radius 1 is 1.24 bits per heavy atom. The quantitative estimate of drug-likeness (QED) is 0.873.